The second kappa shape index (κ2) is 8.58. The smallest absolute Gasteiger partial charge is 0.267 e. The Bertz CT molecular complexity index is 649. The van der Waals surface area contributed by atoms with Gasteiger partial charge in [-0.2, -0.15) is 0 Å². The second-order valence-electron chi connectivity index (χ2n) is 6.45. The minimum Gasteiger partial charge on any atom is -0.365 e. The highest BCUT2D eigenvalue weighted by atomic mass is 32.2. The molecule has 2 heterocycles. The van der Waals surface area contributed by atoms with E-state index in [-0.39, 0.29) is 16.7 Å². The zero-order valence-corrected chi connectivity index (χ0v) is 17.7. The van der Waals surface area contributed by atoms with Gasteiger partial charge in [0.1, 0.15) is 10.7 Å². The van der Waals surface area contributed by atoms with Gasteiger partial charge >= 0.3 is 0 Å². The molecule has 9 heteroatoms. The first-order chi connectivity index (χ1) is 12.2. The molecule has 0 saturated carbocycles. The number of primary amides is 1. The van der Waals surface area contributed by atoms with Crippen LogP contribution >= 0.6 is 23.5 Å². The van der Waals surface area contributed by atoms with Gasteiger partial charge in [0.15, 0.2) is 0 Å². The predicted molar refractivity (Wildman–Crippen MR) is 109 cm³/mol. The molecule has 146 valence electrons. The highest BCUT2D eigenvalue weighted by Gasteiger charge is 2.38. The van der Waals surface area contributed by atoms with Crippen molar-refractivity contribution in [3.8, 4) is 0 Å². The molecule has 4 N–H and O–H groups in total. The van der Waals surface area contributed by atoms with Crippen LogP contribution in [0, 0.1) is 0 Å². The summed E-state index contributed by atoms with van der Waals surface area (Å²) in [5.41, 5.74) is 12.2. The molecule has 7 nitrogen and oxygen atoms in total. The minimum atomic E-state index is -0.498. The van der Waals surface area contributed by atoms with E-state index in [4.69, 9.17) is 11.5 Å². The summed E-state index contributed by atoms with van der Waals surface area (Å²) in [6.45, 7) is 4.68. The number of carbonyl (C=O) groups excluding carboxylic acids is 2. The summed E-state index contributed by atoms with van der Waals surface area (Å²) in [4.78, 5) is 31.9. The number of likely N-dealkylation sites (N-methyl/N-ethyl adjacent to an activating group) is 1. The third kappa shape index (κ3) is 3.84. The molecule has 0 saturated heterocycles. The lowest BCUT2D eigenvalue weighted by molar-refractivity contribution is -0.124. The minimum absolute atomic E-state index is 0.0542. The molecule has 0 aromatic heterocycles. The van der Waals surface area contributed by atoms with Gasteiger partial charge in [0.25, 0.3) is 11.8 Å². The van der Waals surface area contributed by atoms with Crippen molar-refractivity contribution >= 4 is 35.3 Å². The molecule has 0 fully saturated rings. The molecule has 26 heavy (non-hydrogen) atoms. The molecule has 0 bridgehead atoms. The standard InChI is InChI=1S/C17H29N5O2S2/c1-6-11-13(26-12(21(11)4)8-7-9-18)17(24)22(5)16-14(15(19)23)25-10(2)20(16)3/h10,12H,6-9,18H2,1-5H3,(H2,19,23). The monoisotopic (exact) mass is 399 g/mol. The van der Waals surface area contributed by atoms with Gasteiger partial charge in [0, 0.05) is 26.8 Å². The Morgan fingerprint density at radius 1 is 1.19 bits per heavy atom. The van der Waals surface area contributed by atoms with E-state index in [1.807, 2.05) is 25.9 Å². The second-order valence-corrected chi connectivity index (χ2v) is 8.97. The van der Waals surface area contributed by atoms with Crippen molar-refractivity contribution in [2.45, 2.75) is 43.9 Å². The van der Waals surface area contributed by atoms with Gasteiger partial charge in [-0.1, -0.05) is 30.4 Å². The van der Waals surface area contributed by atoms with E-state index >= 15 is 0 Å². The van der Waals surface area contributed by atoms with Gasteiger partial charge in [-0.3, -0.25) is 14.5 Å². The van der Waals surface area contributed by atoms with Crippen LogP contribution in [0.3, 0.4) is 0 Å². The zero-order chi connectivity index (χ0) is 19.6. The van der Waals surface area contributed by atoms with Gasteiger partial charge in [-0.25, -0.2) is 0 Å². The molecule has 2 rings (SSSR count). The molecule has 0 aromatic rings. The summed E-state index contributed by atoms with van der Waals surface area (Å²) in [7, 11) is 5.62. The third-order valence-electron chi connectivity index (χ3n) is 4.78. The van der Waals surface area contributed by atoms with Gasteiger partial charge in [-0.05, 0) is 32.7 Å². The number of hydrogen-bond acceptors (Lipinski definition) is 7. The summed E-state index contributed by atoms with van der Waals surface area (Å²) in [6.07, 6.45) is 2.63. The highest BCUT2D eigenvalue weighted by molar-refractivity contribution is 8.05. The summed E-state index contributed by atoms with van der Waals surface area (Å²) >= 11 is 2.98. The number of nitrogens with two attached hydrogens (primary N) is 2. The average Bonchev–Trinajstić information content (AvgIpc) is 3.08. The Labute approximate surface area is 164 Å². The quantitative estimate of drug-likeness (QED) is 0.669. The SMILES string of the molecule is CCC1=C(C(=O)N(C)C2=C(C(N)=O)SC(C)N2C)SC(CCCN)N1C. The number of rotatable bonds is 7. The molecule has 2 aliphatic rings. The van der Waals surface area contributed by atoms with E-state index in [0.29, 0.717) is 17.3 Å². The molecule has 0 aromatic carbocycles. The van der Waals surface area contributed by atoms with Crippen LogP contribution in [0.15, 0.2) is 21.3 Å². The van der Waals surface area contributed by atoms with E-state index in [2.05, 4.69) is 11.8 Å². The topological polar surface area (TPSA) is 95.9 Å². The van der Waals surface area contributed by atoms with Crippen LogP contribution < -0.4 is 11.5 Å². The molecule has 0 aliphatic carbocycles. The van der Waals surface area contributed by atoms with E-state index in [9.17, 15) is 9.59 Å². The van der Waals surface area contributed by atoms with Gasteiger partial charge in [0.2, 0.25) is 0 Å². The van der Waals surface area contributed by atoms with Crippen molar-refractivity contribution in [2.24, 2.45) is 11.5 Å². The molecular formula is C17H29N5O2S2. The van der Waals surface area contributed by atoms with Gasteiger partial charge < -0.3 is 21.3 Å². The number of carbonyl (C=O) groups is 2. The first kappa shape index (κ1) is 21.0. The van der Waals surface area contributed by atoms with E-state index < -0.39 is 5.91 Å². The van der Waals surface area contributed by atoms with Crippen molar-refractivity contribution in [1.82, 2.24) is 14.7 Å². The fraction of sp³-hybridized carbons (Fsp3) is 0.647. The Morgan fingerprint density at radius 2 is 1.85 bits per heavy atom. The molecule has 0 radical (unpaired) electrons. The molecule has 2 aliphatic heterocycles. The summed E-state index contributed by atoms with van der Waals surface area (Å²) in [5.74, 6) is -0.0107. The van der Waals surface area contributed by atoms with Crippen LogP contribution in [0.2, 0.25) is 0 Å². The van der Waals surface area contributed by atoms with Crippen molar-refractivity contribution in [3.05, 3.63) is 21.3 Å². The Balaban J connectivity index is 2.30. The van der Waals surface area contributed by atoms with Crippen LogP contribution in [0.5, 0.6) is 0 Å². The summed E-state index contributed by atoms with van der Waals surface area (Å²) < 4.78 is 0. The maximum Gasteiger partial charge on any atom is 0.267 e. The Morgan fingerprint density at radius 3 is 2.38 bits per heavy atom. The number of amides is 2. The number of nitrogens with zero attached hydrogens (tertiary/aromatic N) is 3. The normalized spacial score (nSPS) is 23.3. The first-order valence-corrected chi connectivity index (χ1v) is 10.5. The predicted octanol–water partition coefficient (Wildman–Crippen LogP) is 1.49. The van der Waals surface area contributed by atoms with Crippen molar-refractivity contribution in [1.29, 1.82) is 0 Å². The number of thioether (sulfide) groups is 2. The fourth-order valence-corrected chi connectivity index (χ4v) is 5.79. The lowest BCUT2D eigenvalue weighted by Gasteiger charge is -2.28. The molecular weight excluding hydrogens is 370 g/mol. The first-order valence-electron chi connectivity index (χ1n) is 8.78. The Kier molecular flexibility index (Phi) is 6.92. The summed E-state index contributed by atoms with van der Waals surface area (Å²) in [6, 6.07) is 0. The molecule has 2 unspecified atom stereocenters. The lowest BCUT2D eigenvalue weighted by atomic mass is 10.2. The van der Waals surface area contributed by atoms with Gasteiger partial charge in [-0.15, -0.1) is 0 Å². The van der Waals surface area contributed by atoms with Crippen LogP contribution in [-0.2, 0) is 9.59 Å². The van der Waals surface area contributed by atoms with Crippen molar-refractivity contribution in [3.63, 3.8) is 0 Å². The zero-order valence-electron chi connectivity index (χ0n) is 16.1. The average molecular weight is 400 g/mol. The van der Waals surface area contributed by atoms with Crippen LogP contribution in [-0.4, -0.2) is 64.9 Å². The van der Waals surface area contributed by atoms with Crippen molar-refractivity contribution < 1.29 is 9.59 Å². The van der Waals surface area contributed by atoms with Crippen LogP contribution in [0.4, 0.5) is 0 Å². The largest absolute Gasteiger partial charge is 0.365 e. The lowest BCUT2D eigenvalue weighted by Crippen LogP contribution is -2.36. The number of hydrogen-bond donors (Lipinski definition) is 2. The maximum atomic E-state index is 13.3. The van der Waals surface area contributed by atoms with E-state index in [0.717, 1.165) is 29.9 Å². The van der Waals surface area contributed by atoms with E-state index in [1.165, 1.54) is 11.8 Å². The van der Waals surface area contributed by atoms with Crippen LogP contribution in [0.25, 0.3) is 0 Å². The molecule has 2 amide bonds. The van der Waals surface area contributed by atoms with Crippen molar-refractivity contribution in [2.75, 3.05) is 27.7 Å². The third-order valence-corrected chi connectivity index (χ3v) is 7.52. The molecule has 0 spiro atoms. The summed E-state index contributed by atoms with van der Waals surface area (Å²) in [5, 5.41) is 0.277. The van der Waals surface area contributed by atoms with Crippen LogP contribution in [0.1, 0.15) is 33.1 Å². The fourth-order valence-electron chi connectivity index (χ4n) is 3.19. The van der Waals surface area contributed by atoms with Gasteiger partial charge in [0.05, 0.1) is 15.7 Å². The Hall–Kier alpha value is -1.32. The number of allylic oxidation sites excluding steroid dienone is 1. The highest BCUT2D eigenvalue weighted by Crippen LogP contribution is 2.43. The maximum absolute atomic E-state index is 13.3. The molecule has 2 atom stereocenters. The van der Waals surface area contributed by atoms with E-state index in [1.54, 1.807) is 23.7 Å².